The maximum Gasteiger partial charge on any atom is 0.459 e. The van der Waals surface area contributed by atoms with E-state index in [-0.39, 0.29) is 19.8 Å². The highest BCUT2D eigenvalue weighted by Gasteiger charge is 2.75. The van der Waals surface area contributed by atoms with Gasteiger partial charge in [0, 0.05) is 5.41 Å². The van der Waals surface area contributed by atoms with Crippen molar-refractivity contribution in [2.24, 2.45) is 5.41 Å². The molecule has 0 amide bonds. The number of rotatable bonds is 15. The summed E-state index contributed by atoms with van der Waals surface area (Å²) < 4.78 is 339. The molecule has 15 nitrogen and oxygen atoms in total. The molecule has 39 heteroatoms. The zero-order valence-electron chi connectivity index (χ0n) is 25.8. The monoisotopic (exact) mass is 960 g/mol. The Bertz CT molecular complexity index is 1350. The predicted molar refractivity (Wildman–Crippen MR) is 130 cm³/mol. The van der Waals surface area contributed by atoms with E-state index in [9.17, 15) is 117 Å². The molecule has 0 aliphatic rings. The van der Waals surface area contributed by atoms with Gasteiger partial charge in [-0.3, -0.25) is 13.7 Å². The lowest BCUT2D eigenvalue weighted by atomic mass is 9.95. The van der Waals surface area contributed by atoms with E-state index in [1.165, 1.54) is 0 Å². The van der Waals surface area contributed by atoms with E-state index in [0.717, 1.165) is 0 Å². The molecule has 0 saturated carbocycles. The minimum absolute atomic E-state index is 0.181. The summed E-state index contributed by atoms with van der Waals surface area (Å²) in [5.41, 5.74) is -0.708. The molecule has 0 aliphatic carbocycles. The van der Waals surface area contributed by atoms with E-state index in [2.05, 4.69) is 12.5 Å². The van der Waals surface area contributed by atoms with Gasteiger partial charge in [-0.25, -0.2) is 12.5 Å². The van der Waals surface area contributed by atoms with Crippen molar-refractivity contribution in [3.8, 4) is 0 Å². The number of aliphatic hydroxyl groups is 3. The van der Waals surface area contributed by atoms with E-state index >= 15 is 0 Å². The van der Waals surface area contributed by atoms with Crippen LogP contribution in [0.25, 0.3) is 0 Å². The lowest BCUT2D eigenvalue weighted by Crippen LogP contribution is -2.54. The maximum atomic E-state index is 12.3. The molecule has 344 valence electrons. The molecule has 0 saturated heterocycles. The highest BCUT2D eigenvalue weighted by atomic mass is 32.3. The van der Waals surface area contributed by atoms with Crippen LogP contribution in [-0.4, -0.2) is 148 Å². The number of halogens is 21. The number of hydrogen-bond acceptors (Lipinski definition) is 12. The second kappa shape index (κ2) is 19.8. The average molecular weight is 960 g/mol. The van der Waals surface area contributed by atoms with Gasteiger partial charge in [0.15, 0.2) is 0 Å². The molecule has 0 rings (SSSR count). The molecule has 0 aromatic rings. The van der Waals surface area contributed by atoms with Crippen molar-refractivity contribution < 1.29 is 159 Å². The first-order valence-corrected chi connectivity index (χ1v) is 16.0. The molecule has 0 atom stereocenters. The molecule has 56 heavy (non-hydrogen) atoms. The van der Waals surface area contributed by atoms with Gasteiger partial charge in [0.05, 0.1) is 19.8 Å². The topological polar surface area (TPSA) is 251 Å². The number of alkyl halides is 21. The minimum Gasteiger partial charge on any atom is -0.396 e. The van der Waals surface area contributed by atoms with E-state index in [1.54, 1.807) is 6.92 Å². The Morgan fingerprint density at radius 1 is 0.375 bits per heavy atom. The van der Waals surface area contributed by atoms with Crippen molar-refractivity contribution in [3.63, 3.8) is 0 Å². The van der Waals surface area contributed by atoms with E-state index in [1.807, 2.05) is 0 Å². The van der Waals surface area contributed by atoms with Gasteiger partial charge in [-0.05, 0) is 0 Å². The largest absolute Gasteiger partial charge is 0.459 e. The van der Waals surface area contributed by atoms with Crippen molar-refractivity contribution >= 4 is 31.2 Å². The first-order chi connectivity index (χ1) is 23.8. The summed E-state index contributed by atoms with van der Waals surface area (Å²) in [5, 5.41) is 25.4. The zero-order valence-corrected chi connectivity index (χ0v) is 28.2. The van der Waals surface area contributed by atoms with Crippen molar-refractivity contribution in [3.05, 3.63) is 0 Å². The minimum atomic E-state index is -6.58. The van der Waals surface area contributed by atoms with Gasteiger partial charge in [-0.2, -0.15) is 117 Å². The highest BCUT2D eigenvalue weighted by Crippen LogP contribution is 2.48. The quantitative estimate of drug-likeness (QED) is 0.101. The Morgan fingerprint density at radius 2 is 0.518 bits per heavy atom. The second-order valence-electron chi connectivity index (χ2n) is 9.68. The fourth-order valence-electron chi connectivity index (χ4n) is 1.49. The molecular formula is C17H21F21O15S3. The van der Waals surface area contributed by atoms with Crippen molar-refractivity contribution in [1.29, 1.82) is 0 Å². The molecule has 0 aromatic heterocycles. The lowest BCUT2D eigenvalue weighted by molar-refractivity contribution is -0.358. The number of hydrogen-bond donors (Lipinski definition) is 6. The van der Waals surface area contributed by atoms with Gasteiger partial charge >= 0.3 is 85.3 Å². The third-order valence-electron chi connectivity index (χ3n) is 4.76. The van der Waals surface area contributed by atoms with Crippen LogP contribution in [0.1, 0.15) is 6.92 Å². The Labute approximate surface area is 296 Å². The summed E-state index contributed by atoms with van der Waals surface area (Å²) in [4.78, 5) is 0. The molecule has 0 unspecified atom stereocenters. The smallest absolute Gasteiger partial charge is 0.396 e. The molecule has 0 fully saturated rings. The summed E-state index contributed by atoms with van der Waals surface area (Å²) in [5.74, 6) is -36.9. The molecule has 6 N–H and O–H groups in total. The van der Waals surface area contributed by atoms with Crippen LogP contribution in [0.5, 0.6) is 0 Å². The van der Waals surface area contributed by atoms with Gasteiger partial charge in [-0.15, -0.1) is 0 Å². The van der Waals surface area contributed by atoms with Crippen LogP contribution < -0.4 is 0 Å². The summed E-state index contributed by atoms with van der Waals surface area (Å²) >= 11 is 0. The van der Waals surface area contributed by atoms with Gasteiger partial charge < -0.3 is 15.3 Å². The zero-order chi connectivity index (χ0) is 46.9. The van der Waals surface area contributed by atoms with Gasteiger partial charge in [0.2, 0.25) is 0 Å². The Balaban J connectivity index is -0.000000330. The Hall–Kier alpha value is -1.98. The molecule has 0 aromatic carbocycles. The highest BCUT2D eigenvalue weighted by molar-refractivity contribution is 7.81. The van der Waals surface area contributed by atoms with Crippen LogP contribution in [0.4, 0.5) is 92.2 Å². The van der Waals surface area contributed by atoms with Gasteiger partial charge in [-0.1, -0.05) is 6.92 Å². The average Bonchev–Trinajstić information content (AvgIpc) is 2.96. The van der Waals surface area contributed by atoms with Crippen LogP contribution in [-0.2, 0) is 43.7 Å². The molecular weight excluding hydrogens is 939 g/mol. The number of aliphatic hydroxyl groups excluding tert-OH is 3. The third-order valence-corrected chi connectivity index (χ3v) is 6.01. The summed E-state index contributed by atoms with van der Waals surface area (Å²) in [6.45, 7) is -7.44. The molecule has 0 heterocycles. The predicted octanol–water partition coefficient (Wildman–Crippen LogP) is 3.89. The normalized spacial score (nSPS) is 14.8. The Morgan fingerprint density at radius 3 is 0.589 bits per heavy atom. The van der Waals surface area contributed by atoms with Crippen LogP contribution in [0.2, 0.25) is 0 Å². The Kier molecular flexibility index (Phi) is 21.5. The summed E-state index contributed by atoms with van der Waals surface area (Å²) in [6.07, 6.45) is -19.8. The van der Waals surface area contributed by atoms with Gasteiger partial charge in [0.1, 0.15) is 19.8 Å². The fraction of sp³-hybridized carbons (Fsp3) is 1.00. The molecule has 0 aliphatic heterocycles. The van der Waals surface area contributed by atoms with E-state index in [0.29, 0.717) is 0 Å². The SMILES string of the molecule is CC(CO)(CO)CO.O=S(=O)(O)OCC(F)(F)C(F)(F)C(F)(F)F.O=S(=O)(O)OCC(F)(F)C(F)(F)C(F)(F)F.O=S(=O)(O)OCC(F)(F)C(F)(F)C(F)(F)F. The standard InChI is InChI=1S/C5H12O3.3C4H3F7O4S/c1-5(2-6,3-7)4-8;3*5-2(6,1-15-16(12,13)14)3(7,8)4(9,10)11/h6-8H,2-4H2,1H3;3*1H2,(H,12,13,14). The van der Waals surface area contributed by atoms with Gasteiger partial charge in [0.25, 0.3) is 0 Å². The van der Waals surface area contributed by atoms with Crippen LogP contribution >= 0.6 is 0 Å². The molecule has 0 spiro atoms. The fourth-order valence-corrected chi connectivity index (χ4v) is 2.38. The first-order valence-electron chi connectivity index (χ1n) is 12.0. The molecule has 0 bridgehead atoms. The summed E-state index contributed by atoms with van der Waals surface area (Å²) in [6, 6.07) is 0. The van der Waals surface area contributed by atoms with Crippen molar-refractivity contribution in [2.45, 2.75) is 61.0 Å². The summed E-state index contributed by atoms with van der Waals surface area (Å²) in [7, 11) is -16.6. The first kappa shape index (κ1) is 60.7. The second-order valence-corrected chi connectivity index (χ2v) is 13.0. The van der Waals surface area contributed by atoms with E-state index < -0.39 is 110 Å². The van der Waals surface area contributed by atoms with E-state index in [4.69, 9.17) is 29.0 Å². The van der Waals surface area contributed by atoms with Crippen molar-refractivity contribution in [1.82, 2.24) is 0 Å². The molecule has 0 radical (unpaired) electrons. The maximum absolute atomic E-state index is 12.3. The lowest BCUT2D eigenvalue weighted by Gasteiger charge is -2.27. The van der Waals surface area contributed by atoms with Crippen LogP contribution in [0.15, 0.2) is 0 Å². The third kappa shape index (κ3) is 20.1. The van der Waals surface area contributed by atoms with Crippen LogP contribution in [0, 0.1) is 5.41 Å². The van der Waals surface area contributed by atoms with Crippen LogP contribution in [0.3, 0.4) is 0 Å². The van der Waals surface area contributed by atoms with Crippen molar-refractivity contribution in [2.75, 3.05) is 39.6 Å².